The van der Waals surface area contributed by atoms with Crippen LogP contribution in [0.2, 0.25) is 0 Å². The van der Waals surface area contributed by atoms with Crippen LogP contribution < -0.4 is 5.73 Å². The van der Waals surface area contributed by atoms with Gasteiger partial charge in [-0.25, -0.2) is 0 Å². The number of nitrogens with two attached hydrogens (primary N) is 1. The minimum Gasteiger partial charge on any atom is -0.398 e. The van der Waals surface area contributed by atoms with Gasteiger partial charge in [-0.3, -0.25) is 4.79 Å². The number of benzene rings is 1. The summed E-state index contributed by atoms with van der Waals surface area (Å²) in [5.74, 6) is 1.10. The first-order valence-corrected chi connectivity index (χ1v) is 7.49. The summed E-state index contributed by atoms with van der Waals surface area (Å²) in [6.07, 6.45) is 3.08. The van der Waals surface area contributed by atoms with E-state index in [1.165, 1.54) is 0 Å². The minimum absolute atomic E-state index is 0.0373. The summed E-state index contributed by atoms with van der Waals surface area (Å²) in [6, 6.07) is 5.73. The maximum absolute atomic E-state index is 12.3. The van der Waals surface area contributed by atoms with Crippen LogP contribution in [0.25, 0.3) is 0 Å². The summed E-state index contributed by atoms with van der Waals surface area (Å²) >= 11 is 1.80. The molecule has 100 valence electrons. The molecule has 0 radical (unpaired) electrons. The largest absolute Gasteiger partial charge is 0.398 e. The van der Waals surface area contributed by atoms with Crippen molar-refractivity contribution in [2.75, 3.05) is 24.8 Å². The topological polar surface area (TPSA) is 46.3 Å². The Labute approximate surface area is 114 Å². The minimum atomic E-state index is 0.0373. The first-order chi connectivity index (χ1) is 8.47. The number of hydrogen-bond donors (Lipinski definition) is 1. The number of nitrogen functional groups attached to an aromatic ring is 1. The van der Waals surface area contributed by atoms with Gasteiger partial charge in [0.15, 0.2) is 0 Å². The van der Waals surface area contributed by atoms with E-state index in [1.54, 1.807) is 22.7 Å². The summed E-state index contributed by atoms with van der Waals surface area (Å²) in [5.41, 5.74) is 8.18. The molecule has 0 aliphatic carbocycles. The van der Waals surface area contributed by atoms with Crippen molar-refractivity contribution in [1.29, 1.82) is 0 Å². The molecule has 1 aromatic rings. The lowest BCUT2D eigenvalue weighted by Gasteiger charge is -2.25. The number of amides is 1. The van der Waals surface area contributed by atoms with E-state index in [9.17, 15) is 4.79 Å². The molecule has 0 heterocycles. The fourth-order valence-electron chi connectivity index (χ4n) is 1.66. The van der Waals surface area contributed by atoms with Crippen LogP contribution in [0, 0.1) is 6.92 Å². The monoisotopic (exact) mass is 266 g/mol. The van der Waals surface area contributed by atoms with Crippen molar-refractivity contribution >= 4 is 23.4 Å². The number of rotatable bonds is 5. The van der Waals surface area contributed by atoms with Gasteiger partial charge in [-0.05, 0) is 50.0 Å². The van der Waals surface area contributed by atoms with E-state index in [-0.39, 0.29) is 11.9 Å². The second-order valence-electron chi connectivity index (χ2n) is 4.62. The first-order valence-electron chi connectivity index (χ1n) is 6.09. The fraction of sp³-hybridized carbons (Fsp3) is 0.500. The molecule has 4 heteroatoms. The first kappa shape index (κ1) is 14.9. The van der Waals surface area contributed by atoms with Gasteiger partial charge in [0.2, 0.25) is 0 Å². The summed E-state index contributed by atoms with van der Waals surface area (Å²) in [5, 5.41) is 0. The molecule has 0 aliphatic rings. The van der Waals surface area contributed by atoms with Gasteiger partial charge in [-0.15, -0.1) is 0 Å². The fourth-order valence-corrected chi connectivity index (χ4v) is 2.24. The molecule has 1 rings (SSSR count). The molecule has 18 heavy (non-hydrogen) atoms. The molecule has 2 N–H and O–H groups in total. The molecular formula is C14H22N2OS. The average molecular weight is 266 g/mol. The van der Waals surface area contributed by atoms with E-state index >= 15 is 0 Å². The predicted octanol–water partition coefficient (Wildman–Crippen LogP) is 2.79. The van der Waals surface area contributed by atoms with Crippen molar-refractivity contribution in [2.45, 2.75) is 26.3 Å². The summed E-state index contributed by atoms with van der Waals surface area (Å²) in [6.45, 7) is 4.01. The Hall–Kier alpha value is -1.16. The van der Waals surface area contributed by atoms with E-state index in [0.29, 0.717) is 11.3 Å². The third kappa shape index (κ3) is 3.67. The van der Waals surface area contributed by atoms with E-state index in [0.717, 1.165) is 17.7 Å². The number of hydrogen-bond acceptors (Lipinski definition) is 3. The number of carbonyl (C=O) groups is 1. The van der Waals surface area contributed by atoms with E-state index in [2.05, 4.69) is 13.2 Å². The second kappa shape index (κ2) is 6.69. The zero-order valence-corrected chi connectivity index (χ0v) is 12.4. The lowest BCUT2D eigenvalue weighted by atomic mass is 10.1. The SMILES string of the molecule is CSCCC(C)N(C)C(=O)c1ccc(C)c(N)c1. The van der Waals surface area contributed by atoms with Crippen LogP contribution in [0.5, 0.6) is 0 Å². The highest BCUT2D eigenvalue weighted by atomic mass is 32.2. The molecule has 3 nitrogen and oxygen atoms in total. The highest BCUT2D eigenvalue weighted by molar-refractivity contribution is 7.98. The van der Waals surface area contributed by atoms with Crippen molar-refractivity contribution in [1.82, 2.24) is 4.90 Å². The smallest absolute Gasteiger partial charge is 0.253 e. The molecule has 0 aliphatic heterocycles. The van der Waals surface area contributed by atoms with Crippen LogP contribution in [-0.4, -0.2) is 35.9 Å². The number of anilines is 1. The van der Waals surface area contributed by atoms with Gasteiger partial charge in [0.25, 0.3) is 5.91 Å². The van der Waals surface area contributed by atoms with Gasteiger partial charge < -0.3 is 10.6 Å². The number of thioether (sulfide) groups is 1. The third-order valence-electron chi connectivity index (χ3n) is 3.25. The Morgan fingerprint density at radius 2 is 2.17 bits per heavy atom. The summed E-state index contributed by atoms with van der Waals surface area (Å²) in [4.78, 5) is 14.1. The van der Waals surface area contributed by atoms with Gasteiger partial charge in [-0.1, -0.05) is 6.07 Å². The molecule has 0 saturated carbocycles. The van der Waals surface area contributed by atoms with Gasteiger partial charge in [-0.2, -0.15) is 11.8 Å². The summed E-state index contributed by atoms with van der Waals surface area (Å²) in [7, 11) is 1.85. The zero-order valence-electron chi connectivity index (χ0n) is 11.6. The molecule has 0 aromatic heterocycles. The molecular weight excluding hydrogens is 244 g/mol. The lowest BCUT2D eigenvalue weighted by Crippen LogP contribution is -2.35. The number of carbonyl (C=O) groups excluding carboxylic acids is 1. The van der Waals surface area contributed by atoms with Crippen LogP contribution in [0.15, 0.2) is 18.2 Å². The number of aryl methyl sites for hydroxylation is 1. The average Bonchev–Trinajstić information content (AvgIpc) is 2.37. The molecule has 0 fully saturated rings. The van der Waals surface area contributed by atoms with Crippen LogP contribution in [0.4, 0.5) is 5.69 Å². The van der Waals surface area contributed by atoms with Gasteiger partial charge in [0.05, 0.1) is 0 Å². The molecule has 1 amide bonds. The van der Waals surface area contributed by atoms with Crippen LogP contribution in [0.1, 0.15) is 29.3 Å². The second-order valence-corrected chi connectivity index (χ2v) is 5.60. The van der Waals surface area contributed by atoms with Crippen molar-refractivity contribution in [3.05, 3.63) is 29.3 Å². The van der Waals surface area contributed by atoms with Crippen LogP contribution in [0.3, 0.4) is 0 Å². The Morgan fingerprint density at radius 1 is 1.50 bits per heavy atom. The van der Waals surface area contributed by atoms with E-state index in [1.807, 2.05) is 26.1 Å². The third-order valence-corrected chi connectivity index (χ3v) is 3.89. The Morgan fingerprint density at radius 3 is 2.72 bits per heavy atom. The molecule has 0 saturated heterocycles. The maximum Gasteiger partial charge on any atom is 0.253 e. The highest BCUT2D eigenvalue weighted by Crippen LogP contribution is 2.16. The van der Waals surface area contributed by atoms with Crippen molar-refractivity contribution in [2.24, 2.45) is 0 Å². The van der Waals surface area contributed by atoms with Crippen molar-refractivity contribution in [3.63, 3.8) is 0 Å². The lowest BCUT2D eigenvalue weighted by molar-refractivity contribution is 0.0741. The molecule has 0 spiro atoms. The summed E-state index contributed by atoms with van der Waals surface area (Å²) < 4.78 is 0. The van der Waals surface area contributed by atoms with E-state index < -0.39 is 0 Å². The molecule has 0 bridgehead atoms. The molecule has 1 aromatic carbocycles. The molecule has 1 atom stereocenters. The van der Waals surface area contributed by atoms with Gasteiger partial charge >= 0.3 is 0 Å². The standard InChI is InChI=1S/C14H22N2OS/c1-10-5-6-12(9-13(10)15)14(17)16(3)11(2)7-8-18-4/h5-6,9,11H,7-8,15H2,1-4H3. The zero-order chi connectivity index (χ0) is 13.7. The number of nitrogens with zero attached hydrogens (tertiary/aromatic N) is 1. The van der Waals surface area contributed by atoms with Gasteiger partial charge in [0.1, 0.15) is 0 Å². The van der Waals surface area contributed by atoms with Crippen molar-refractivity contribution < 1.29 is 4.79 Å². The normalized spacial score (nSPS) is 12.2. The van der Waals surface area contributed by atoms with Crippen LogP contribution in [-0.2, 0) is 0 Å². The van der Waals surface area contributed by atoms with Crippen LogP contribution >= 0.6 is 11.8 Å². The van der Waals surface area contributed by atoms with E-state index in [4.69, 9.17) is 5.73 Å². The Kier molecular flexibility index (Phi) is 5.54. The highest BCUT2D eigenvalue weighted by Gasteiger charge is 2.17. The Balaban J connectivity index is 2.76. The predicted molar refractivity (Wildman–Crippen MR) is 80.1 cm³/mol. The maximum atomic E-state index is 12.3. The Bertz CT molecular complexity index is 420. The van der Waals surface area contributed by atoms with Gasteiger partial charge in [0, 0.05) is 24.3 Å². The molecule has 1 unspecified atom stereocenters. The quantitative estimate of drug-likeness (QED) is 0.834. The van der Waals surface area contributed by atoms with Crippen molar-refractivity contribution in [3.8, 4) is 0 Å².